The van der Waals surface area contributed by atoms with Crippen molar-refractivity contribution in [2.24, 2.45) is 10.7 Å². The maximum absolute atomic E-state index is 6.09. The average Bonchev–Trinajstić information content (AvgIpc) is 3.62. The number of aromatic nitrogens is 1. The Balaban J connectivity index is 1.40. The largest absolute Gasteiger partial charge is 0.337 e. The van der Waals surface area contributed by atoms with E-state index in [0.717, 1.165) is 30.5 Å². The van der Waals surface area contributed by atoms with E-state index < -0.39 is 0 Å². The molecule has 7 aromatic rings. The van der Waals surface area contributed by atoms with E-state index in [1.165, 1.54) is 60.6 Å². The van der Waals surface area contributed by atoms with Gasteiger partial charge in [-0.1, -0.05) is 115 Å². The van der Waals surface area contributed by atoms with E-state index in [2.05, 4.69) is 150 Å². The molecule has 1 unspecified atom stereocenters. The van der Waals surface area contributed by atoms with Crippen LogP contribution in [0.3, 0.4) is 0 Å². The summed E-state index contributed by atoms with van der Waals surface area (Å²) >= 11 is 0. The predicted octanol–water partition coefficient (Wildman–Crippen LogP) is 9.72. The van der Waals surface area contributed by atoms with Gasteiger partial charge in [0.15, 0.2) is 0 Å². The van der Waals surface area contributed by atoms with Crippen LogP contribution in [-0.2, 0) is 0 Å². The number of allylic oxidation sites excluding steroid dienone is 4. The van der Waals surface area contributed by atoms with Gasteiger partial charge in [-0.3, -0.25) is 4.99 Å². The molecule has 4 heteroatoms. The van der Waals surface area contributed by atoms with E-state index in [9.17, 15) is 0 Å². The van der Waals surface area contributed by atoms with Gasteiger partial charge >= 0.3 is 0 Å². The predicted molar refractivity (Wildman–Crippen MR) is 191 cm³/mol. The van der Waals surface area contributed by atoms with Crippen LogP contribution in [0.2, 0.25) is 0 Å². The molecular formula is C41H36N4. The first-order valence-corrected chi connectivity index (χ1v) is 15.9. The van der Waals surface area contributed by atoms with E-state index >= 15 is 0 Å². The molecule has 0 spiro atoms. The summed E-state index contributed by atoms with van der Waals surface area (Å²) in [4.78, 5) is 7.46. The van der Waals surface area contributed by atoms with Gasteiger partial charge in [0.2, 0.25) is 0 Å². The summed E-state index contributed by atoms with van der Waals surface area (Å²) < 4.78 is 2.50. The minimum absolute atomic E-state index is 0.0106. The van der Waals surface area contributed by atoms with Gasteiger partial charge in [-0.15, -0.1) is 0 Å². The average molecular weight is 585 g/mol. The number of aryl methyl sites for hydroxylation is 1. The van der Waals surface area contributed by atoms with Crippen LogP contribution in [0.4, 0.5) is 5.69 Å². The quantitative estimate of drug-likeness (QED) is 0.181. The molecule has 0 amide bonds. The van der Waals surface area contributed by atoms with Crippen LogP contribution in [0, 0.1) is 6.92 Å². The Hall–Kier alpha value is -5.19. The maximum atomic E-state index is 6.09. The van der Waals surface area contributed by atoms with Crippen molar-refractivity contribution in [1.82, 2.24) is 4.40 Å². The Bertz CT molecular complexity index is 2240. The third-order valence-corrected chi connectivity index (χ3v) is 9.44. The van der Waals surface area contributed by atoms with Crippen LogP contribution in [0.15, 0.2) is 144 Å². The van der Waals surface area contributed by atoms with Gasteiger partial charge < -0.3 is 15.0 Å². The maximum Gasteiger partial charge on any atom is 0.0862 e. The van der Waals surface area contributed by atoms with Crippen LogP contribution in [0.1, 0.15) is 42.0 Å². The summed E-state index contributed by atoms with van der Waals surface area (Å²) in [7, 11) is 0. The number of anilines is 1. The third-order valence-electron chi connectivity index (χ3n) is 9.44. The number of fused-ring (bicyclic) bond motifs is 6. The third kappa shape index (κ3) is 4.52. The van der Waals surface area contributed by atoms with Crippen LogP contribution < -0.4 is 10.6 Å². The van der Waals surface area contributed by atoms with Crippen molar-refractivity contribution in [2.45, 2.75) is 32.2 Å². The summed E-state index contributed by atoms with van der Waals surface area (Å²) in [6.45, 7) is 2.56. The Labute approximate surface area is 263 Å². The van der Waals surface area contributed by atoms with Gasteiger partial charge in [-0.2, -0.15) is 0 Å². The molecule has 5 aromatic carbocycles. The zero-order valence-electron chi connectivity index (χ0n) is 25.5. The zero-order valence-corrected chi connectivity index (χ0v) is 25.5. The van der Waals surface area contributed by atoms with Crippen LogP contribution in [-0.4, -0.2) is 16.8 Å². The number of benzene rings is 5. The lowest BCUT2D eigenvalue weighted by atomic mass is 9.92. The number of para-hydroxylation sites is 2. The first-order chi connectivity index (χ1) is 22.2. The molecule has 4 nitrogen and oxygen atoms in total. The monoisotopic (exact) mass is 584 g/mol. The normalized spacial score (nSPS) is 14.5. The van der Waals surface area contributed by atoms with Gasteiger partial charge in [0.1, 0.15) is 0 Å². The lowest BCUT2D eigenvalue weighted by Crippen LogP contribution is -2.31. The number of hydrogen-bond donors (Lipinski definition) is 1. The van der Waals surface area contributed by atoms with Crippen molar-refractivity contribution in [3.8, 4) is 0 Å². The summed E-state index contributed by atoms with van der Waals surface area (Å²) in [6, 6.07) is 41.6. The van der Waals surface area contributed by atoms with Crippen LogP contribution in [0.25, 0.3) is 38.1 Å². The van der Waals surface area contributed by atoms with Crippen molar-refractivity contribution >= 4 is 49.5 Å². The second kappa shape index (κ2) is 11.4. The molecule has 0 aliphatic heterocycles. The number of nitrogens with two attached hydrogens (primary N) is 1. The van der Waals surface area contributed by atoms with Gasteiger partial charge in [0, 0.05) is 45.1 Å². The highest BCUT2D eigenvalue weighted by atomic mass is 15.2. The Morgan fingerprint density at radius 3 is 2.22 bits per heavy atom. The molecule has 2 N–H and O–H groups in total. The fourth-order valence-electron chi connectivity index (χ4n) is 7.47. The van der Waals surface area contributed by atoms with E-state index in [1.807, 2.05) is 0 Å². The van der Waals surface area contributed by atoms with Crippen molar-refractivity contribution in [3.05, 3.63) is 156 Å². The highest BCUT2D eigenvalue weighted by Gasteiger charge is 2.29. The minimum Gasteiger partial charge on any atom is -0.337 e. The summed E-state index contributed by atoms with van der Waals surface area (Å²) in [5, 5.41) is 5.21. The number of aliphatic imine (C=N–C) groups is 1. The molecule has 45 heavy (non-hydrogen) atoms. The van der Waals surface area contributed by atoms with E-state index in [1.54, 1.807) is 0 Å². The first kappa shape index (κ1) is 27.4. The van der Waals surface area contributed by atoms with Crippen LogP contribution >= 0.6 is 0 Å². The summed E-state index contributed by atoms with van der Waals surface area (Å²) in [5.41, 5.74) is 17.1. The molecule has 2 aromatic heterocycles. The standard InChI is InChI=1S/C41H36N4/c1-28-37(25-24-35-34-22-13-21-33-32-20-11-12-23-38(32)45(40(28)35)41(33)34)44(31-18-9-4-10-19-31)39(30-16-7-3-8-17-30)26-36(43-27-42)29-14-5-2-6-15-29/h2-9,11-18,20-25,39H,10,19,26-27,42H2,1H3. The highest BCUT2D eigenvalue weighted by Crippen LogP contribution is 2.45. The van der Waals surface area contributed by atoms with Gasteiger partial charge in [-0.05, 0) is 54.7 Å². The summed E-state index contributed by atoms with van der Waals surface area (Å²) in [6.07, 6.45) is 9.49. The number of rotatable bonds is 8. The van der Waals surface area contributed by atoms with Gasteiger partial charge in [0.05, 0.1) is 29.3 Å². The molecule has 2 heterocycles. The molecule has 1 atom stereocenters. The molecule has 0 saturated heterocycles. The fourth-order valence-corrected chi connectivity index (χ4v) is 7.47. The zero-order chi connectivity index (χ0) is 30.3. The smallest absolute Gasteiger partial charge is 0.0862 e. The Kier molecular flexibility index (Phi) is 6.92. The van der Waals surface area contributed by atoms with Crippen LogP contribution in [0.5, 0.6) is 0 Å². The molecular weight excluding hydrogens is 548 g/mol. The first-order valence-electron chi connectivity index (χ1n) is 15.9. The SMILES string of the molecule is Cc1c(N(C2=CC=CCC2)C(CC(=NCN)c2ccccc2)c2ccccc2)ccc2c3cccc4c5ccccc5n(c12)c43. The molecule has 0 saturated carbocycles. The minimum atomic E-state index is 0.0106. The lowest BCUT2D eigenvalue weighted by Gasteiger charge is -2.38. The molecule has 0 radical (unpaired) electrons. The van der Waals surface area contributed by atoms with Crippen molar-refractivity contribution in [2.75, 3.05) is 11.6 Å². The molecule has 8 rings (SSSR count). The second-order valence-corrected chi connectivity index (χ2v) is 11.9. The Morgan fingerprint density at radius 2 is 1.47 bits per heavy atom. The molecule has 1 aliphatic carbocycles. The van der Waals surface area contributed by atoms with E-state index in [-0.39, 0.29) is 12.7 Å². The van der Waals surface area contributed by atoms with Crippen molar-refractivity contribution < 1.29 is 0 Å². The lowest BCUT2D eigenvalue weighted by molar-refractivity contribution is 0.671. The van der Waals surface area contributed by atoms with Crippen molar-refractivity contribution in [3.63, 3.8) is 0 Å². The molecule has 0 fully saturated rings. The number of nitrogens with zero attached hydrogens (tertiary/aromatic N) is 3. The highest BCUT2D eigenvalue weighted by molar-refractivity contribution is 6.24. The van der Waals surface area contributed by atoms with E-state index in [4.69, 9.17) is 10.7 Å². The van der Waals surface area contributed by atoms with Gasteiger partial charge in [-0.25, -0.2) is 0 Å². The topological polar surface area (TPSA) is 46.0 Å². The van der Waals surface area contributed by atoms with Gasteiger partial charge in [0.25, 0.3) is 0 Å². The van der Waals surface area contributed by atoms with Crippen molar-refractivity contribution in [1.29, 1.82) is 0 Å². The second-order valence-electron chi connectivity index (χ2n) is 11.9. The molecule has 220 valence electrons. The van der Waals surface area contributed by atoms with E-state index in [0.29, 0.717) is 0 Å². The molecule has 1 aliphatic rings. The summed E-state index contributed by atoms with van der Waals surface area (Å²) in [5.74, 6) is 0. The Morgan fingerprint density at radius 1 is 0.778 bits per heavy atom. The fraction of sp³-hybridized carbons (Fsp3) is 0.146. The number of hydrogen-bond acceptors (Lipinski definition) is 3. The molecule has 0 bridgehead atoms.